The maximum absolute atomic E-state index is 7.57. The van der Waals surface area contributed by atoms with Gasteiger partial charge < -0.3 is 5.73 Å². The number of pyridine rings is 1. The molecule has 0 aromatic carbocycles. The Balaban J connectivity index is 2.05. The normalized spacial score (nSPS) is 18.0. The highest BCUT2D eigenvalue weighted by molar-refractivity contribution is 5.94. The third-order valence-electron chi connectivity index (χ3n) is 3.49. The van der Waals surface area contributed by atoms with Crippen LogP contribution in [0.25, 0.3) is 0 Å². The highest BCUT2D eigenvalue weighted by Gasteiger charge is 2.12. The van der Waals surface area contributed by atoms with E-state index in [-0.39, 0.29) is 5.84 Å². The zero-order chi connectivity index (χ0) is 12.8. The number of hydrogen-bond acceptors (Lipinski definition) is 3. The van der Waals surface area contributed by atoms with Crippen molar-refractivity contribution >= 4 is 5.84 Å². The molecule has 1 fully saturated rings. The first-order valence-electron chi connectivity index (χ1n) is 6.78. The van der Waals surface area contributed by atoms with Gasteiger partial charge in [0.15, 0.2) is 0 Å². The molecule has 0 unspecified atom stereocenters. The minimum absolute atomic E-state index is 0.0673. The number of nitrogens with one attached hydrogen (secondary N) is 1. The quantitative estimate of drug-likeness (QED) is 0.634. The minimum atomic E-state index is 0.0673. The molecule has 1 aliphatic heterocycles. The number of rotatable bonds is 3. The van der Waals surface area contributed by atoms with E-state index in [0.717, 1.165) is 25.2 Å². The zero-order valence-corrected chi connectivity index (χ0v) is 10.9. The molecule has 0 bridgehead atoms. The van der Waals surface area contributed by atoms with Crippen molar-refractivity contribution in [3.8, 4) is 0 Å². The summed E-state index contributed by atoms with van der Waals surface area (Å²) in [4.78, 5) is 6.67. The Morgan fingerprint density at radius 1 is 1.22 bits per heavy atom. The Morgan fingerprint density at radius 3 is 2.56 bits per heavy atom. The van der Waals surface area contributed by atoms with Gasteiger partial charge in [0.05, 0.1) is 0 Å². The summed E-state index contributed by atoms with van der Waals surface area (Å²) < 4.78 is 0. The van der Waals surface area contributed by atoms with Crippen LogP contribution in [0.5, 0.6) is 0 Å². The molecular formula is C14H22N4. The molecule has 1 aromatic heterocycles. The molecule has 1 aliphatic rings. The van der Waals surface area contributed by atoms with Crippen LogP contribution in [0.4, 0.5) is 0 Å². The topological polar surface area (TPSA) is 66.0 Å². The molecule has 0 spiro atoms. The smallest absolute Gasteiger partial charge is 0.142 e. The molecule has 4 heteroatoms. The van der Waals surface area contributed by atoms with Gasteiger partial charge in [0.25, 0.3) is 0 Å². The predicted octanol–water partition coefficient (Wildman–Crippen LogP) is 2.13. The zero-order valence-electron chi connectivity index (χ0n) is 10.9. The van der Waals surface area contributed by atoms with E-state index in [2.05, 4.69) is 9.88 Å². The first kappa shape index (κ1) is 13.0. The summed E-state index contributed by atoms with van der Waals surface area (Å²) in [6.07, 6.45) is 8.30. The third kappa shape index (κ3) is 3.53. The fourth-order valence-corrected chi connectivity index (χ4v) is 2.52. The molecular weight excluding hydrogens is 224 g/mol. The van der Waals surface area contributed by atoms with Crippen molar-refractivity contribution < 1.29 is 0 Å². The summed E-state index contributed by atoms with van der Waals surface area (Å²) in [6.45, 7) is 3.15. The Hall–Kier alpha value is -1.42. The number of aromatic nitrogens is 1. The lowest BCUT2D eigenvalue weighted by atomic mass is 10.1. The Bertz CT molecular complexity index is 395. The van der Waals surface area contributed by atoms with Crippen LogP contribution in [0.3, 0.4) is 0 Å². The average Bonchev–Trinajstić information content (AvgIpc) is 2.33. The van der Waals surface area contributed by atoms with E-state index < -0.39 is 0 Å². The highest BCUT2D eigenvalue weighted by Crippen LogP contribution is 2.14. The van der Waals surface area contributed by atoms with E-state index in [0.29, 0.717) is 5.69 Å². The molecule has 0 saturated carbocycles. The van der Waals surface area contributed by atoms with Gasteiger partial charge in [0.1, 0.15) is 11.5 Å². The molecule has 4 nitrogen and oxygen atoms in total. The van der Waals surface area contributed by atoms with Crippen molar-refractivity contribution in [2.24, 2.45) is 5.73 Å². The lowest BCUT2D eigenvalue weighted by Crippen LogP contribution is -2.28. The average molecular weight is 246 g/mol. The standard InChI is InChI=1S/C14H22N4/c15-14(16)13-12(7-6-8-17-13)11-18-9-4-2-1-3-5-10-18/h6-8H,1-5,9-11H2,(H3,15,16). The molecule has 2 heterocycles. The van der Waals surface area contributed by atoms with E-state index in [1.807, 2.05) is 12.1 Å². The van der Waals surface area contributed by atoms with Gasteiger partial charge in [0.2, 0.25) is 0 Å². The molecule has 18 heavy (non-hydrogen) atoms. The predicted molar refractivity (Wildman–Crippen MR) is 73.6 cm³/mol. The molecule has 0 aliphatic carbocycles. The number of nitrogens with two attached hydrogens (primary N) is 1. The summed E-state index contributed by atoms with van der Waals surface area (Å²) in [5.74, 6) is 0.0673. The summed E-state index contributed by atoms with van der Waals surface area (Å²) in [5.41, 5.74) is 7.29. The van der Waals surface area contributed by atoms with Gasteiger partial charge in [-0.25, -0.2) is 0 Å². The van der Waals surface area contributed by atoms with Crippen molar-refractivity contribution in [3.05, 3.63) is 29.6 Å². The molecule has 0 radical (unpaired) electrons. The highest BCUT2D eigenvalue weighted by atomic mass is 15.1. The second kappa shape index (κ2) is 6.50. The molecule has 0 amide bonds. The van der Waals surface area contributed by atoms with Gasteiger partial charge in [-0.3, -0.25) is 15.3 Å². The number of nitrogens with zero attached hydrogens (tertiary/aromatic N) is 2. The van der Waals surface area contributed by atoms with Crippen molar-refractivity contribution in [1.29, 1.82) is 5.41 Å². The van der Waals surface area contributed by atoms with E-state index in [4.69, 9.17) is 11.1 Å². The van der Waals surface area contributed by atoms with E-state index in [1.54, 1.807) is 6.20 Å². The van der Waals surface area contributed by atoms with Gasteiger partial charge in [-0.2, -0.15) is 0 Å². The van der Waals surface area contributed by atoms with E-state index in [9.17, 15) is 0 Å². The van der Waals surface area contributed by atoms with Crippen molar-refractivity contribution in [2.45, 2.75) is 38.6 Å². The van der Waals surface area contributed by atoms with E-state index in [1.165, 1.54) is 32.1 Å². The molecule has 1 saturated heterocycles. The lowest BCUT2D eigenvalue weighted by molar-refractivity contribution is 0.239. The first-order chi connectivity index (χ1) is 8.77. The Morgan fingerprint density at radius 2 is 1.89 bits per heavy atom. The molecule has 3 N–H and O–H groups in total. The van der Waals surface area contributed by atoms with Crippen LogP contribution >= 0.6 is 0 Å². The first-order valence-corrected chi connectivity index (χ1v) is 6.78. The largest absolute Gasteiger partial charge is 0.382 e. The van der Waals surface area contributed by atoms with Crippen LogP contribution in [0.15, 0.2) is 18.3 Å². The van der Waals surface area contributed by atoms with Crippen LogP contribution in [0, 0.1) is 5.41 Å². The monoisotopic (exact) mass is 246 g/mol. The van der Waals surface area contributed by atoms with Crippen molar-refractivity contribution in [2.75, 3.05) is 13.1 Å². The molecule has 2 rings (SSSR count). The van der Waals surface area contributed by atoms with Crippen molar-refractivity contribution in [3.63, 3.8) is 0 Å². The Labute approximate surface area is 109 Å². The SMILES string of the molecule is N=C(N)c1ncccc1CN1CCCCCCC1. The Kier molecular flexibility index (Phi) is 4.70. The maximum Gasteiger partial charge on any atom is 0.142 e. The fraction of sp³-hybridized carbons (Fsp3) is 0.571. The molecule has 0 atom stereocenters. The van der Waals surface area contributed by atoms with Crippen LogP contribution in [-0.4, -0.2) is 28.8 Å². The fourth-order valence-electron chi connectivity index (χ4n) is 2.52. The van der Waals surface area contributed by atoms with Crippen LogP contribution < -0.4 is 5.73 Å². The van der Waals surface area contributed by atoms with Gasteiger partial charge in [-0.15, -0.1) is 0 Å². The van der Waals surface area contributed by atoms with E-state index >= 15 is 0 Å². The summed E-state index contributed by atoms with van der Waals surface area (Å²) in [5, 5.41) is 7.57. The summed E-state index contributed by atoms with van der Waals surface area (Å²) >= 11 is 0. The lowest BCUT2D eigenvalue weighted by Gasteiger charge is -2.25. The second-order valence-corrected chi connectivity index (χ2v) is 4.97. The second-order valence-electron chi connectivity index (χ2n) is 4.97. The van der Waals surface area contributed by atoms with Gasteiger partial charge >= 0.3 is 0 Å². The molecule has 1 aromatic rings. The van der Waals surface area contributed by atoms with Gasteiger partial charge in [-0.05, 0) is 37.6 Å². The summed E-state index contributed by atoms with van der Waals surface area (Å²) in [6, 6.07) is 3.95. The van der Waals surface area contributed by atoms with Crippen molar-refractivity contribution in [1.82, 2.24) is 9.88 Å². The minimum Gasteiger partial charge on any atom is -0.382 e. The number of amidine groups is 1. The summed E-state index contributed by atoms with van der Waals surface area (Å²) in [7, 11) is 0. The number of hydrogen-bond donors (Lipinski definition) is 2. The van der Waals surface area contributed by atoms with Crippen LogP contribution in [-0.2, 0) is 6.54 Å². The van der Waals surface area contributed by atoms with Gasteiger partial charge in [0, 0.05) is 12.7 Å². The third-order valence-corrected chi connectivity index (χ3v) is 3.49. The maximum atomic E-state index is 7.57. The van der Waals surface area contributed by atoms with Crippen LogP contribution in [0.2, 0.25) is 0 Å². The van der Waals surface area contributed by atoms with Gasteiger partial charge in [-0.1, -0.05) is 25.3 Å². The molecule has 98 valence electrons. The number of likely N-dealkylation sites (tertiary alicyclic amines) is 1. The van der Waals surface area contributed by atoms with Crippen LogP contribution in [0.1, 0.15) is 43.4 Å². The number of nitrogen functional groups attached to an aromatic ring is 1.